The topological polar surface area (TPSA) is 58.1 Å². The lowest BCUT2D eigenvalue weighted by Crippen LogP contribution is -2.14. The van der Waals surface area contributed by atoms with Gasteiger partial charge in [0.2, 0.25) is 5.95 Å². The maximum absolute atomic E-state index is 12.9. The molecule has 5 nitrogen and oxygen atoms in total. The molecular weight excluding hydrogens is 247 g/mol. The Bertz CT molecular complexity index is 583. The highest BCUT2D eigenvalue weighted by Crippen LogP contribution is 2.13. The molecule has 0 aliphatic carbocycles. The zero-order valence-electron chi connectivity index (χ0n) is 10.6. The van der Waals surface area contributed by atoms with Crippen molar-refractivity contribution in [3.63, 3.8) is 0 Å². The van der Waals surface area contributed by atoms with Crippen molar-refractivity contribution in [1.82, 2.24) is 9.97 Å². The highest BCUT2D eigenvalue weighted by molar-refractivity contribution is 6.04. The molecule has 6 heteroatoms. The summed E-state index contributed by atoms with van der Waals surface area (Å²) in [6.45, 7) is 0. The molecule has 0 saturated heterocycles. The molecule has 0 radical (unpaired) electrons. The van der Waals surface area contributed by atoms with Gasteiger partial charge in [0.1, 0.15) is 5.82 Å². The van der Waals surface area contributed by atoms with Crippen LogP contribution in [-0.4, -0.2) is 30.0 Å². The Morgan fingerprint density at radius 1 is 1.26 bits per heavy atom. The van der Waals surface area contributed by atoms with Crippen molar-refractivity contribution in [3.05, 3.63) is 48.2 Å². The van der Waals surface area contributed by atoms with E-state index < -0.39 is 11.9 Å². The number of carbonyl (C=O) groups excluding carboxylic acids is 1. The fourth-order valence-corrected chi connectivity index (χ4v) is 1.47. The van der Waals surface area contributed by atoms with E-state index >= 15 is 0 Å². The second kappa shape index (κ2) is 5.43. The molecule has 0 aliphatic rings. The number of nitrogens with one attached hydrogen (secondary N) is 1. The summed E-state index contributed by atoms with van der Waals surface area (Å²) in [6.07, 6.45) is 2.79. The van der Waals surface area contributed by atoms with Gasteiger partial charge in [-0.1, -0.05) is 0 Å². The van der Waals surface area contributed by atoms with E-state index in [1.807, 2.05) is 19.0 Å². The van der Waals surface area contributed by atoms with Crippen LogP contribution in [0.4, 0.5) is 15.9 Å². The molecule has 2 heterocycles. The molecule has 0 unspecified atom stereocenters. The zero-order valence-corrected chi connectivity index (χ0v) is 10.6. The van der Waals surface area contributed by atoms with Gasteiger partial charge in [-0.25, -0.2) is 9.97 Å². The van der Waals surface area contributed by atoms with Crippen molar-refractivity contribution in [2.45, 2.75) is 0 Å². The van der Waals surface area contributed by atoms with E-state index in [9.17, 15) is 9.18 Å². The van der Waals surface area contributed by atoms with Crippen LogP contribution in [0.2, 0.25) is 0 Å². The Morgan fingerprint density at radius 2 is 2.05 bits per heavy atom. The highest BCUT2D eigenvalue weighted by atomic mass is 19.1. The smallest absolute Gasteiger partial charge is 0.255 e. The molecule has 0 spiro atoms. The minimum atomic E-state index is -0.686. The third-order valence-electron chi connectivity index (χ3n) is 2.45. The first-order chi connectivity index (χ1) is 9.06. The summed E-state index contributed by atoms with van der Waals surface area (Å²) in [5, 5.41) is 2.64. The van der Waals surface area contributed by atoms with Crippen LogP contribution in [0.5, 0.6) is 0 Å². The molecular formula is C13H13FN4O. The number of pyridine rings is 2. The Morgan fingerprint density at radius 3 is 2.63 bits per heavy atom. The molecule has 0 aromatic carbocycles. The van der Waals surface area contributed by atoms with E-state index in [1.165, 1.54) is 12.3 Å². The Hall–Kier alpha value is -2.50. The first-order valence-electron chi connectivity index (χ1n) is 5.62. The Kier molecular flexibility index (Phi) is 3.70. The summed E-state index contributed by atoms with van der Waals surface area (Å²) in [5.74, 6) is -0.303. The van der Waals surface area contributed by atoms with Crippen LogP contribution in [0, 0.1) is 5.95 Å². The third kappa shape index (κ3) is 3.25. The SMILES string of the molecule is CN(C)c1ccc(NC(=O)c2ccnc(F)c2)cn1. The lowest BCUT2D eigenvalue weighted by atomic mass is 10.2. The minimum Gasteiger partial charge on any atom is -0.363 e. The average molecular weight is 260 g/mol. The molecule has 0 bridgehead atoms. The summed E-state index contributed by atoms with van der Waals surface area (Å²) in [5.41, 5.74) is 0.761. The van der Waals surface area contributed by atoms with Gasteiger partial charge in [-0.05, 0) is 18.2 Å². The quantitative estimate of drug-likeness (QED) is 0.857. The van der Waals surface area contributed by atoms with Gasteiger partial charge in [-0.2, -0.15) is 4.39 Å². The summed E-state index contributed by atoms with van der Waals surface area (Å²) in [4.78, 5) is 21.3. The van der Waals surface area contributed by atoms with Crippen LogP contribution in [0.15, 0.2) is 36.7 Å². The largest absolute Gasteiger partial charge is 0.363 e. The highest BCUT2D eigenvalue weighted by Gasteiger charge is 2.07. The zero-order chi connectivity index (χ0) is 13.8. The lowest BCUT2D eigenvalue weighted by Gasteiger charge is -2.11. The van der Waals surface area contributed by atoms with Crippen LogP contribution in [0.25, 0.3) is 0 Å². The molecule has 19 heavy (non-hydrogen) atoms. The van der Waals surface area contributed by atoms with Crippen LogP contribution in [0.3, 0.4) is 0 Å². The molecule has 0 aliphatic heterocycles. The average Bonchev–Trinajstić information content (AvgIpc) is 2.39. The van der Waals surface area contributed by atoms with Crippen LogP contribution >= 0.6 is 0 Å². The van der Waals surface area contributed by atoms with Gasteiger partial charge in [0, 0.05) is 31.9 Å². The summed E-state index contributed by atoms with van der Waals surface area (Å²) < 4.78 is 12.9. The monoisotopic (exact) mass is 260 g/mol. The van der Waals surface area contributed by atoms with E-state index in [0.29, 0.717) is 5.69 Å². The number of hydrogen-bond donors (Lipinski definition) is 1. The number of carbonyl (C=O) groups is 1. The molecule has 2 aromatic heterocycles. The predicted molar refractivity (Wildman–Crippen MR) is 70.7 cm³/mol. The van der Waals surface area contributed by atoms with Crippen molar-refractivity contribution >= 4 is 17.4 Å². The fourth-order valence-electron chi connectivity index (χ4n) is 1.47. The first kappa shape index (κ1) is 12.9. The number of nitrogens with zero attached hydrogens (tertiary/aromatic N) is 3. The van der Waals surface area contributed by atoms with E-state index in [2.05, 4.69) is 15.3 Å². The molecule has 0 saturated carbocycles. The van der Waals surface area contributed by atoms with Crippen LogP contribution in [-0.2, 0) is 0 Å². The summed E-state index contributed by atoms with van der Waals surface area (Å²) in [7, 11) is 3.75. The Balaban J connectivity index is 2.10. The summed E-state index contributed by atoms with van der Waals surface area (Å²) >= 11 is 0. The van der Waals surface area contributed by atoms with E-state index in [-0.39, 0.29) is 5.56 Å². The number of halogens is 1. The van der Waals surface area contributed by atoms with E-state index in [0.717, 1.165) is 11.9 Å². The molecule has 1 N–H and O–H groups in total. The molecule has 0 atom stereocenters. The predicted octanol–water partition coefficient (Wildman–Crippen LogP) is 1.93. The number of aromatic nitrogens is 2. The number of amides is 1. The van der Waals surface area contributed by atoms with Crippen LogP contribution in [0.1, 0.15) is 10.4 Å². The summed E-state index contributed by atoms with van der Waals surface area (Å²) in [6, 6.07) is 6.04. The fraction of sp³-hybridized carbons (Fsp3) is 0.154. The molecule has 0 fully saturated rings. The standard InChI is InChI=1S/C13H13FN4O/c1-18(2)12-4-3-10(8-16-12)17-13(19)9-5-6-15-11(14)7-9/h3-8H,1-2H3,(H,17,19). The first-order valence-corrected chi connectivity index (χ1v) is 5.62. The van der Waals surface area contributed by atoms with Gasteiger partial charge in [-0.3, -0.25) is 4.79 Å². The third-order valence-corrected chi connectivity index (χ3v) is 2.45. The van der Waals surface area contributed by atoms with Crippen molar-refractivity contribution in [1.29, 1.82) is 0 Å². The van der Waals surface area contributed by atoms with Gasteiger partial charge in [0.25, 0.3) is 5.91 Å². The van der Waals surface area contributed by atoms with E-state index in [1.54, 1.807) is 18.3 Å². The van der Waals surface area contributed by atoms with Crippen molar-refractivity contribution in [2.75, 3.05) is 24.3 Å². The van der Waals surface area contributed by atoms with Gasteiger partial charge in [-0.15, -0.1) is 0 Å². The molecule has 2 rings (SSSR count). The van der Waals surface area contributed by atoms with Gasteiger partial charge >= 0.3 is 0 Å². The minimum absolute atomic E-state index is 0.212. The molecule has 2 aromatic rings. The normalized spacial score (nSPS) is 10.1. The lowest BCUT2D eigenvalue weighted by molar-refractivity contribution is 0.102. The van der Waals surface area contributed by atoms with Gasteiger partial charge in [0.15, 0.2) is 0 Å². The number of anilines is 2. The molecule has 1 amide bonds. The Labute approximate surface area is 110 Å². The number of rotatable bonds is 3. The number of hydrogen-bond acceptors (Lipinski definition) is 4. The maximum atomic E-state index is 12.9. The second-order valence-corrected chi connectivity index (χ2v) is 4.12. The second-order valence-electron chi connectivity index (χ2n) is 4.12. The van der Waals surface area contributed by atoms with E-state index in [4.69, 9.17) is 0 Å². The van der Waals surface area contributed by atoms with Crippen molar-refractivity contribution < 1.29 is 9.18 Å². The van der Waals surface area contributed by atoms with Crippen LogP contribution < -0.4 is 10.2 Å². The van der Waals surface area contributed by atoms with Gasteiger partial charge < -0.3 is 10.2 Å². The van der Waals surface area contributed by atoms with Crippen molar-refractivity contribution in [2.24, 2.45) is 0 Å². The maximum Gasteiger partial charge on any atom is 0.255 e. The van der Waals surface area contributed by atoms with Gasteiger partial charge in [0.05, 0.1) is 11.9 Å². The van der Waals surface area contributed by atoms with Crippen molar-refractivity contribution in [3.8, 4) is 0 Å². The molecule has 98 valence electrons.